The number of methoxy groups -OCH3 is 2. The molecule has 6 nitrogen and oxygen atoms in total. The van der Waals surface area contributed by atoms with Crippen LogP contribution in [0, 0.1) is 0 Å². The summed E-state index contributed by atoms with van der Waals surface area (Å²) in [5.41, 5.74) is 0.835. The fourth-order valence-corrected chi connectivity index (χ4v) is 2.49. The molecule has 0 radical (unpaired) electrons. The largest absolute Gasteiger partial charge is 0.496 e. The number of nitrogens with one attached hydrogen (secondary N) is 1. The molecule has 0 heterocycles. The predicted octanol–water partition coefficient (Wildman–Crippen LogP) is 2.16. The molecule has 3 unspecified atom stereocenters. The Kier molecular flexibility index (Phi) is 7.72. The predicted molar refractivity (Wildman–Crippen MR) is 99.9 cm³/mol. The van der Waals surface area contributed by atoms with Crippen LogP contribution >= 0.6 is 0 Å². The highest BCUT2D eigenvalue weighted by atomic mass is 16.5. The number of benzene rings is 2. The van der Waals surface area contributed by atoms with Gasteiger partial charge in [0.1, 0.15) is 30.0 Å². The number of hydrogen-bond donors (Lipinski definition) is 3. The molecule has 0 saturated carbocycles. The van der Waals surface area contributed by atoms with Crippen LogP contribution < -0.4 is 19.5 Å². The van der Waals surface area contributed by atoms with Crippen molar-refractivity contribution in [3.63, 3.8) is 0 Å². The van der Waals surface area contributed by atoms with Crippen LogP contribution in [-0.4, -0.2) is 49.7 Å². The van der Waals surface area contributed by atoms with Crippen molar-refractivity contribution in [1.82, 2.24) is 5.32 Å². The van der Waals surface area contributed by atoms with Crippen LogP contribution in [0.1, 0.15) is 18.6 Å². The number of ether oxygens (including phenoxy) is 3. The van der Waals surface area contributed by atoms with Gasteiger partial charge in [-0.25, -0.2) is 0 Å². The summed E-state index contributed by atoms with van der Waals surface area (Å²) in [6.45, 7) is 2.28. The first-order valence-electron chi connectivity index (χ1n) is 8.53. The maximum Gasteiger partial charge on any atom is 0.126 e. The number of aliphatic hydroxyl groups is 2. The smallest absolute Gasteiger partial charge is 0.126 e. The third-order valence-corrected chi connectivity index (χ3v) is 4.06. The first-order chi connectivity index (χ1) is 12.5. The summed E-state index contributed by atoms with van der Waals surface area (Å²) in [6, 6.07) is 14.4. The summed E-state index contributed by atoms with van der Waals surface area (Å²) in [5.74, 6) is 1.79. The molecule has 2 rings (SSSR count). The van der Waals surface area contributed by atoms with Gasteiger partial charge >= 0.3 is 0 Å². The normalized spacial score (nSPS) is 14.3. The molecule has 2 aromatic carbocycles. The van der Waals surface area contributed by atoms with Gasteiger partial charge in [-0.2, -0.15) is 0 Å². The molecule has 0 bridgehead atoms. The second-order valence-electron chi connectivity index (χ2n) is 6.07. The molecule has 0 aliphatic rings. The van der Waals surface area contributed by atoms with Crippen LogP contribution in [0.15, 0.2) is 48.5 Å². The minimum absolute atomic E-state index is 0.109. The highest BCUT2D eigenvalue weighted by Crippen LogP contribution is 2.27. The van der Waals surface area contributed by atoms with E-state index in [1.54, 1.807) is 32.4 Å². The van der Waals surface area contributed by atoms with Crippen LogP contribution in [0.4, 0.5) is 0 Å². The fourth-order valence-electron chi connectivity index (χ4n) is 2.49. The highest BCUT2D eigenvalue weighted by molar-refractivity contribution is 5.42. The van der Waals surface area contributed by atoms with Gasteiger partial charge in [-0.3, -0.25) is 0 Å². The molecule has 3 atom stereocenters. The van der Waals surface area contributed by atoms with Gasteiger partial charge in [0.15, 0.2) is 0 Å². The second-order valence-corrected chi connectivity index (χ2v) is 6.07. The van der Waals surface area contributed by atoms with Crippen molar-refractivity contribution < 1.29 is 24.4 Å². The molecule has 0 amide bonds. The van der Waals surface area contributed by atoms with Crippen LogP contribution in [0.25, 0.3) is 0 Å². The zero-order valence-corrected chi connectivity index (χ0v) is 15.4. The van der Waals surface area contributed by atoms with E-state index in [-0.39, 0.29) is 12.6 Å². The van der Waals surface area contributed by atoms with Crippen molar-refractivity contribution in [2.45, 2.75) is 25.2 Å². The van der Waals surface area contributed by atoms with Gasteiger partial charge in [-0.15, -0.1) is 0 Å². The van der Waals surface area contributed by atoms with E-state index in [0.29, 0.717) is 23.8 Å². The average molecular weight is 361 g/mol. The molecule has 3 N–H and O–H groups in total. The lowest BCUT2D eigenvalue weighted by molar-refractivity contribution is 0.0874. The molecule has 26 heavy (non-hydrogen) atoms. The maximum atomic E-state index is 10.3. The van der Waals surface area contributed by atoms with Crippen LogP contribution in [0.5, 0.6) is 17.2 Å². The zero-order valence-electron chi connectivity index (χ0n) is 15.4. The minimum Gasteiger partial charge on any atom is -0.496 e. The molecule has 6 heteroatoms. The first-order valence-corrected chi connectivity index (χ1v) is 8.53. The van der Waals surface area contributed by atoms with Crippen molar-refractivity contribution >= 4 is 0 Å². The summed E-state index contributed by atoms with van der Waals surface area (Å²) in [6.07, 6.45) is -1.37. The molecule has 0 spiro atoms. The van der Waals surface area contributed by atoms with E-state index in [4.69, 9.17) is 14.2 Å². The Hall–Kier alpha value is -2.28. The van der Waals surface area contributed by atoms with Gasteiger partial charge in [-0.05, 0) is 12.5 Å². The Morgan fingerprint density at radius 2 is 1.50 bits per heavy atom. The Morgan fingerprint density at radius 3 is 2.08 bits per heavy atom. The molecule has 2 aromatic rings. The van der Waals surface area contributed by atoms with E-state index in [9.17, 15) is 10.2 Å². The fraction of sp³-hybridized carbons (Fsp3) is 0.400. The van der Waals surface area contributed by atoms with Gasteiger partial charge in [0.2, 0.25) is 0 Å². The molecule has 142 valence electrons. The summed E-state index contributed by atoms with van der Waals surface area (Å²) in [4.78, 5) is 0. The monoisotopic (exact) mass is 361 g/mol. The highest BCUT2D eigenvalue weighted by Gasteiger charge is 2.17. The van der Waals surface area contributed by atoms with Crippen molar-refractivity contribution in [2.75, 3.05) is 27.4 Å². The first kappa shape index (κ1) is 20.0. The van der Waals surface area contributed by atoms with Crippen molar-refractivity contribution in [2.24, 2.45) is 0 Å². The van der Waals surface area contributed by atoms with Gasteiger partial charge in [0.25, 0.3) is 0 Å². The topological polar surface area (TPSA) is 80.2 Å². The van der Waals surface area contributed by atoms with E-state index in [0.717, 1.165) is 5.56 Å². The van der Waals surface area contributed by atoms with Crippen LogP contribution in [-0.2, 0) is 0 Å². The molecule has 0 saturated heterocycles. The number of rotatable bonds is 10. The van der Waals surface area contributed by atoms with Gasteiger partial charge in [-0.1, -0.05) is 30.3 Å². The lowest BCUT2D eigenvalue weighted by atomic mass is 10.0. The number of aliphatic hydroxyl groups excluding tert-OH is 2. The average Bonchev–Trinajstić information content (AvgIpc) is 2.70. The summed E-state index contributed by atoms with van der Waals surface area (Å²) in [7, 11) is 3.13. The lowest BCUT2D eigenvalue weighted by Gasteiger charge is -2.22. The molecular formula is C20H27NO5. The Morgan fingerprint density at radius 1 is 0.923 bits per heavy atom. The summed E-state index contributed by atoms with van der Waals surface area (Å²) in [5, 5.41) is 23.6. The Balaban J connectivity index is 1.81. The van der Waals surface area contributed by atoms with Crippen molar-refractivity contribution in [3.8, 4) is 17.2 Å². The van der Waals surface area contributed by atoms with Gasteiger partial charge in [0.05, 0.1) is 20.3 Å². The van der Waals surface area contributed by atoms with Crippen LogP contribution in [0.2, 0.25) is 0 Å². The van der Waals surface area contributed by atoms with E-state index in [2.05, 4.69) is 5.32 Å². The van der Waals surface area contributed by atoms with Crippen molar-refractivity contribution in [1.29, 1.82) is 0 Å². The van der Waals surface area contributed by atoms with E-state index >= 15 is 0 Å². The van der Waals surface area contributed by atoms with Crippen LogP contribution in [0.3, 0.4) is 0 Å². The van der Waals surface area contributed by atoms with Gasteiger partial charge < -0.3 is 29.7 Å². The second kappa shape index (κ2) is 10.0. The molecule has 0 fully saturated rings. The number of hydrogen-bond acceptors (Lipinski definition) is 6. The third kappa shape index (κ3) is 5.91. The Labute approximate surface area is 154 Å². The minimum atomic E-state index is -0.724. The molecule has 0 aliphatic carbocycles. The quantitative estimate of drug-likeness (QED) is 0.602. The lowest BCUT2D eigenvalue weighted by Crippen LogP contribution is -2.39. The summed E-state index contributed by atoms with van der Waals surface area (Å²) < 4.78 is 16.0. The van der Waals surface area contributed by atoms with Crippen molar-refractivity contribution in [3.05, 3.63) is 54.1 Å². The van der Waals surface area contributed by atoms with E-state index < -0.39 is 12.2 Å². The Bertz CT molecular complexity index is 642. The standard InChI is InChI=1S/C20H27NO5/c1-14(20(23)15-7-5-4-6-8-15)21-12-16(22)13-26-19-10-17(24-2)9-18(11-19)25-3/h4-11,14,16,20-23H,12-13H2,1-3H3. The van der Waals surface area contributed by atoms with E-state index in [1.165, 1.54) is 0 Å². The third-order valence-electron chi connectivity index (χ3n) is 4.06. The zero-order chi connectivity index (χ0) is 18.9. The maximum absolute atomic E-state index is 10.3. The molecular weight excluding hydrogens is 334 g/mol. The molecule has 0 aliphatic heterocycles. The van der Waals surface area contributed by atoms with Gasteiger partial charge in [0, 0.05) is 30.8 Å². The summed E-state index contributed by atoms with van der Waals surface area (Å²) >= 11 is 0. The van der Waals surface area contributed by atoms with E-state index in [1.807, 2.05) is 37.3 Å². The SMILES string of the molecule is COc1cc(OC)cc(OCC(O)CNC(C)C(O)c2ccccc2)c1. The molecule has 0 aromatic heterocycles.